The fourth-order valence-electron chi connectivity index (χ4n) is 2.16. The number of nitrogens with one attached hydrogen (secondary N) is 2. The lowest BCUT2D eigenvalue weighted by molar-refractivity contribution is -0.127. The molecule has 0 spiro atoms. The fraction of sp³-hybridized carbons (Fsp3) is 0.579. The maximum Gasteiger partial charge on any atom is 0.243 e. The number of nitrogens with zero attached hydrogens (tertiary/aromatic N) is 2. The van der Waals surface area contributed by atoms with E-state index in [-0.39, 0.29) is 36.4 Å². The molecule has 0 atom stereocenters. The Morgan fingerprint density at radius 2 is 1.81 bits per heavy atom. The third kappa shape index (κ3) is 12.0. The van der Waals surface area contributed by atoms with Crippen LogP contribution in [0.3, 0.4) is 0 Å². The zero-order valence-electron chi connectivity index (χ0n) is 16.8. The van der Waals surface area contributed by atoms with Crippen LogP contribution < -0.4 is 15.4 Å². The normalized spacial score (nSPS) is 10.7. The summed E-state index contributed by atoms with van der Waals surface area (Å²) in [5, 5.41) is 6.63. The number of hydrogen-bond donors (Lipinski definition) is 2. The fourth-order valence-corrected chi connectivity index (χ4v) is 2.65. The average Bonchev–Trinajstić information content (AvgIpc) is 2.65. The van der Waals surface area contributed by atoms with Crippen molar-refractivity contribution in [1.82, 2.24) is 15.5 Å². The molecule has 1 rings (SSSR count). The van der Waals surface area contributed by atoms with E-state index in [2.05, 4.69) is 34.0 Å². The van der Waals surface area contributed by atoms with Gasteiger partial charge in [0.2, 0.25) is 5.91 Å². The summed E-state index contributed by atoms with van der Waals surface area (Å²) in [5.74, 6) is 2.71. The van der Waals surface area contributed by atoms with Gasteiger partial charge in [0.25, 0.3) is 0 Å². The molecule has 0 aliphatic carbocycles. The minimum absolute atomic E-state index is 0. The highest BCUT2D eigenvalue weighted by Crippen LogP contribution is 2.11. The van der Waals surface area contributed by atoms with Gasteiger partial charge in [-0.15, -0.1) is 24.0 Å². The van der Waals surface area contributed by atoms with E-state index in [0.717, 1.165) is 37.4 Å². The lowest BCUT2D eigenvalue weighted by atomic mass is 10.1. The van der Waals surface area contributed by atoms with E-state index in [9.17, 15) is 4.79 Å². The van der Waals surface area contributed by atoms with Gasteiger partial charge in [-0.2, -0.15) is 11.8 Å². The summed E-state index contributed by atoms with van der Waals surface area (Å²) in [6.07, 6.45) is 5.25. The molecule has 0 aliphatic rings. The Kier molecular flexibility index (Phi) is 15.2. The lowest BCUT2D eigenvalue weighted by Crippen LogP contribution is -2.40. The number of carbonyl (C=O) groups excluding carboxylic acids is 1. The molecule has 0 saturated carbocycles. The van der Waals surface area contributed by atoms with Crippen molar-refractivity contribution in [2.24, 2.45) is 4.99 Å². The van der Waals surface area contributed by atoms with Crippen LogP contribution in [0.5, 0.6) is 5.75 Å². The SMILES string of the molecule is COc1ccc(CCNC(=NCC(=O)N(C)C)NCCCCSC)cc1.I. The summed E-state index contributed by atoms with van der Waals surface area (Å²) >= 11 is 1.86. The Morgan fingerprint density at radius 1 is 1.15 bits per heavy atom. The molecule has 0 fully saturated rings. The molecule has 1 amide bonds. The minimum Gasteiger partial charge on any atom is -0.497 e. The summed E-state index contributed by atoms with van der Waals surface area (Å²) in [6, 6.07) is 8.04. The van der Waals surface area contributed by atoms with Crippen LogP contribution in [0, 0.1) is 0 Å². The standard InChI is InChI=1S/C19H32N4O2S.HI/c1-23(2)18(24)15-22-19(20-12-5-6-14-26-4)21-13-11-16-7-9-17(25-3)10-8-16;/h7-10H,5-6,11-15H2,1-4H3,(H2,20,21,22);1H. The molecule has 6 nitrogen and oxygen atoms in total. The quantitative estimate of drug-likeness (QED) is 0.208. The zero-order valence-corrected chi connectivity index (χ0v) is 19.9. The van der Waals surface area contributed by atoms with Crippen LogP contribution in [0.25, 0.3) is 0 Å². The number of methoxy groups -OCH3 is 1. The Balaban J connectivity index is 0.00000676. The first-order valence-electron chi connectivity index (χ1n) is 8.91. The maximum atomic E-state index is 11.8. The molecule has 0 radical (unpaired) electrons. The molecule has 0 saturated heterocycles. The number of thioether (sulfide) groups is 1. The van der Waals surface area contributed by atoms with Crippen LogP contribution in [0.4, 0.5) is 0 Å². The molecule has 0 heterocycles. The van der Waals surface area contributed by atoms with Crippen molar-refractivity contribution in [3.05, 3.63) is 29.8 Å². The van der Waals surface area contributed by atoms with Gasteiger partial charge < -0.3 is 20.3 Å². The maximum absolute atomic E-state index is 11.8. The molecule has 1 aromatic carbocycles. The number of ether oxygens (including phenoxy) is 1. The van der Waals surface area contributed by atoms with Gasteiger partial charge in [-0.1, -0.05) is 12.1 Å². The number of aliphatic imine (C=N–C) groups is 1. The van der Waals surface area contributed by atoms with Crippen molar-refractivity contribution in [3.63, 3.8) is 0 Å². The van der Waals surface area contributed by atoms with Crippen molar-refractivity contribution in [2.75, 3.05) is 52.8 Å². The number of rotatable bonds is 11. The molecular weight excluding hydrogens is 475 g/mol. The Bertz CT molecular complexity index is 553. The van der Waals surface area contributed by atoms with E-state index in [4.69, 9.17) is 4.74 Å². The first-order valence-corrected chi connectivity index (χ1v) is 10.3. The second kappa shape index (κ2) is 15.9. The van der Waals surface area contributed by atoms with Gasteiger partial charge in [0.05, 0.1) is 7.11 Å². The molecule has 2 N–H and O–H groups in total. The van der Waals surface area contributed by atoms with Crippen molar-refractivity contribution < 1.29 is 9.53 Å². The smallest absolute Gasteiger partial charge is 0.243 e. The molecule has 0 unspecified atom stereocenters. The van der Waals surface area contributed by atoms with Gasteiger partial charge in [-0.05, 0) is 49.0 Å². The van der Waals surface area contributed by atoms with Crippen molar-refractivity contribution >= 4 is 47.6 Å². The second-order valence-electron chi connectivity index (χ2n) is 6.10. The molecule has 0 bridgehead atoms. The second-order valence-corrected chi connectivity index (χ2v) is 7.09. The van der Waals surface area contributed by atoms with E-state index in [1.54, 1.807) is 26.1 Å². The molecule has 0 aromatic heterocycles. The minimum atomic E-state index is -0.0105. The highest BCUT2D eigenvalue weighted by Gasteiger charge is 2.04. The summed E-state index contributed by atoms with van der Waals surface area (Å²) in [6.45, 7) is 1.75. The van der Waals surface area contributed by atoms with Crippen LogP contribution in [-0.4, -0.2) is 69.6 Å². The van der Waals surface area contributed by atoms with Crippen LogP contribution in [-0.2, 0) is 11.2 Å². The lowest BCUT2D eigenvalue weighted by Gasteiger charge is -2.14. The molecule has 154 valence electrons. The first kappa shape index (κ1) is 25.8. The predicted molar refractivity (Wildman–Crippen MR) is 127 cm³/mol. The zero-order chi connectivity index (χ0) is 19.2. The summed E-state index contributed by atoms with van der Waals surface area (Å²) in [5.41, 5.74) is 1.22. The Labute approximate surface area is 184 Å². The molecule has 0 aliphatic heterocycles. The van der Waals surface area contributed by atoms with Crippen molar-refractivity contribution in [3.8, 4) is 5.75 Å². The van der Waals surface area contributed by atoms with Crippen molar-refractivity contribution in [1.29, 1.82) is 0 Å². The highest BCUT2D eigenvalue weighted by molar-refractivity contribution is 14.0. The Morgan fingerprint density at radius 3 is 2.41 bits per heavy atom. The molecule has 27 heavy (non-hydrogen) atoms. The topological polar surface area (TPSA) is 66.0 Å². The third-order valence-corrected chi connectivity index (χ3v) is 4.50. The number of unbranched alkanes of at least 4 members (excludes halogenated alkanes) is 1. The highest BCUT2D eigenvalue weighted by atomic mass is 127. The van der Waals surface area contributed by atoms with Crippen molar-refractivity contribution in [2.45, 2.75) is 19.3 Å². The summed E-state index contributed by atoms with van der Waals surface area (Å²) < 4.78 is 5.18. The third-order valence-electron chi connectivity index (χ3n) is 3.80. The molecular formula is C19H33IN4O2S. The van der Waals surface area contributed by atoms with E-state index in [1.807, 2.05) is 23.9 Å². The van der Waals surface area contributed by atoms with Crippen LogP contribution in [0.2, 0.25) is 0 Å². The number of amides is 1. The van der Waals surface area contributed by atoms with E-state index in [0.29, 0.717) is 5.96 Å². The Hall–Kier alpha value is -1.16. The summed E-state index contributed by atoms with van der Waals surface area (Å²) in [7, 11) is 5.15. The number of halogens is 1. The number of hydrogen-bond acceptors (Lipinski definition) is 4. The van der Waals surface area contributed by atoms with Gasteiger partial charge in [-0.3, -0.25) is 4.79 Å². The molecule has 8 heteroatoms. The van der Waals surface area contributed by atoms with Crippen LogP contribution >= 0.6 is 35.7 Å². The van der Waals surface area contributed by atoms with Gasteiger partial charge >= 0.3 is 0 Å². The number of likely N-dealkylation sites (N-methyl/N-ethyl adjacent to an activating group) is 1. The number of carbonyl (C=O) groups is 1. The van der Waals surface area contributed by atoms with E-state index >= 15 is 0 Å². The average molecular weight is 508 g/mol. The van der Waals surface area contributed by atoms with Gasteiger partial charge in [-0.25, -0.2) is 4.99 Å². The first-order chi connectivity index (χ1) is 12.6. The monoisotopic (exact) mass is 508 g/mol. The molecule has 1 aromatic rings. The largest absolute Gasteiger partial charge is 0.497 e. The predicted octanol–water partition coefficient (Wildman–Crippen LogP) is 2.62. The number of benzene rings is 1. The van der Waals surface area contributed by atoms with Crippen LogP contribution in [0.1, 0.15) is 18.4 Å². The van der Waals surface area contributed by atoms with Gasteiger partial charge in [0.1, 0.15) is 12.3 Å². The van der Waals surface area contributed by atoms with E-state index < -0.39 is 0 Å². The van der Waals surface area contributed by atoms with E-state index in [1.165, 1.54) is 12.0 Å². The van der Waals surface area contributed by atoms with Gasteiger partial charge in [0.15, 0.2) is 5.96 Å². The van der Waals surface area contributed by atoms with Crippen LogP contribution in [0.15, 0.2) is 29.3 Å². The summed E-state index contributed by atoms with van der Waals surface area (Å²) in [4.78, 5) is 17.7. The van der Waals surface area contributed by atoms with Gasteiger partial charge in [0, 0.05) is 27.2 Å². The number of guanidine groups is 1.